The Morgan fingerprint density at radius 3 is 2.25 bits per heavy atom. The predicted octanol–water partition coefficient (Wildman–Crippen LogP) is -0.458. The molecule has 0 amide bonds. The van der Waals surface area contributed by atoms with Gasteiger partial charge in [0.05, 0.1) is 0 Å². The third-order valence-electron chi connectivity index (χ3n) is 2.72. The summed E-state index contributed by atoms with van der Waals surface area (Å²) >= 11 is 0. The normalized spacial score (nSPS) is 18.6. The van der Waals surface area contributed by atoms with Gasteiger partial charge in [0.25, 0.3) is 0 Å². The minimum atomic E-state index is 0.155. The Morgan fingerprint density at radius 1 is 1.12 bits per heavy atom. The molecule has 7 nitrogen and oxygen atoms in total. The first-order valence-corrected chi connectivity index (χ1v) is 5.35. The van der Waals surface area contributed by atoms with Crippen molar-refractivity contribution >= 4 is 17.8 Å². The fraction of sp³-hybridized carbons (Fsp3) is 0.667. The molecule has 7 heteroatoms. The monoisotopic (exact) mass is 223 g/mol. The molecular weight excluding hydrogens is 206 g/mol. The van der Waals surface area contributed by atoms with Crippen LogP contribution in [-0.2, 0) is 0 Å². The summed E-state index contributed by atoms with van der Waals surface area (Å²) in [4.78, 5) is 14.0. The summed E-state index contributed by atoms with van der Waals surface area (Å²) < 4.78 is 0. The highest BCUT2D eigenvalue weighted by Gasteiger charge is 2.17. The number of hydrogen-bond acceptors (Lipinski definition) is 7. The molecule has 1 aromatic rings. The molecule has 1 fully saturated rings. The third-order valence-corrected chi connectivity index (χ3v) is 2.72. The number of piperidine rings is 1. The van der Waals surface area contributed by atoms with Crippen molar-refractivity contribution in [1.82, 2.24) is 19.9 Å². The Morgan fingerprint density at radius 2 is 1.69 bits per heavy atom. The Kier molecular flexibility index (Phi) is 3.04. The highest BCUT2D eigenvalue weighted by molar-refractivity contribution is 5.37. The van der Waals surface area contributed by atoms with Gasteiger partial charge in [0.2, 0.25) is 17.8 Å². The van der Waals surface area contributed by atoms with E-state index in [0.717, 1.165) is 25.9 Å². The van der Waals surface area contributed by atoms with E-state index in [0.29, 0.717) is 12.0 Å². The lowest BCUT2D eigenvalue weighted by molar-refractivity contribution is 0.263. The van der Waals surface area contributed by atoms with Gasteiger partial charge in [-0.15, -0.1) is 0 Å². The molecule has 88 valence electrons. The second-order valence-corrected chi connectivity index (χ2v) is 4.10. The molecule has 1 aliphatic rings. The van der Waals surface area contributed by atoms with Gasteiger partial charge in [-0.3, -0.25) is 0 Å². The standard InChI is InChI=1S/C9H17N7/c1-16-4-2-6(3-5-16)12-9-14-7(10)13-8(11)15-9/h6H,2-5H2,1H3,(H5,10,11,12,13,14,15). The van der Waals surface area contributed by atoms with Gasteiger partial charge in [0.15, 0.2) is 0 Å². The number of nitrogen functional groups attached to an aromatic ring is 2. The van der Waals surface area contributed by atoms with Crippen LogP contribution in [0.3, 0.4) is 0 Å². The fourth-order valence-corrected chi connectivity index (χ4v) is 1.81. The average Bonchev–Trinajstić information content (AvgIpc) is 2.20. The number of nitrogens with zero attached hydrogens (tertiary/aromatic N) is 4. The van der Waals surface area contributed by atoms with Gasteiger partial charge in [-0.1, -0.05) is 0 Å². The number of hydrogen-bond donors (Lipinski definition) is 3. The van der Waals surface area contributed by atoms with Gasteiger partial charge < -0.3 is 21.7 Å². The molecule has 0 atom stereocenters. The molecule has 1 aromatic heterocycles. The minimum Gasteiger partial charge on any atom is -0.368 e. The molecule has 0 unspecified atom stereocenters. The second kappa shape index (κ2) is 4.48. The van der Waals surface area contributed by atoms with Crippen molar-refractivity contribution in [2.45, 2.75) is 18.9 Å². The zero-order chi connectivity index (χ0) is 11.5. The lowest BCUT2D eigenvalue weighted by atomic mass is 10.1. The average molecular weight is 223 g/mol. The fourth-order valence-electron chi connectivity index (χ4n) is 1.81. The van der Waals surface area contributed by atoms with Crippen molar-refractivity contribution in [3.8, 4) is 0 Å². The van der Waals surface area contributed by atoms with Gasteiger partial charge in [0.1, 0.15) is 0 Å². The zero-order valence-electron chi connectivity index (χ0n) is 9.35. The highest BCUT2D eigenvalue weighted by Crippen LogP contribution is 2.13. The largest absolute Gasteiger partial charge is 0.368 e. The van der Waals surface area contributed by atoms with Crippen LogP contribution in [0, 0.1) is 0 Å². The van der Waals surface area contributed by atoms with Crippen LogP contribution >= 0.6 is 0 Å². The zero-order valence-corrected chi connectivity index (χ0v) is 9.35. The van der Waals surface area contributed by atoms with Crippen LogP contribution in [-0.4, -0.2) is 46.0 Å². The lowest BCUT2D eigenvalue weighted by Crippen LogP contribution is -2.37. The van der Waals surface area contributed by atoms with E-state index < -0.39 is 0 Å². The smallest absolute Gasteiger partial charge is 0.229 e. The van der Waals surface area contributed by atoms with Gasteiger partial charge in [-0.25, -0.2) is 0 Å². The molecule has 0 aliphatic carbocycles. The second-order valence-electron chi connectivity index (χ2n) is 4.10. The van der Waals surface area contributed by atoms with E-state index in [1.165, 1.54) is 0 Å². The first kappa shape index (κ1) is 10.9. The Labute approximate surface area is 94.3 Å². The van der Waals surface area contributed by atoms with E-state index in [9.17, 15) is 0 Å². The van der Waals surface area contributed by atoms with Crippen molar-refractivity contribution in [3.63, 3.8) is 0 Å². The van der Waals surface area contributed by atoms with Crippen molar-refractivity contribution in [2.24, 2.45) is 0 Å². The Bertz CT molecular complexity index is 339. The first-order chi connectivity index (χ1) is 7.63. The summed E-state index contributed by atoms with van der Waals surface area (Å²) in [5, 5.41) is 3.23. The molecule has 0 spiro atoms. The van der Waals surface area contributed by atoms with Gasteiger partial charge in [0, 0.05) is 6.04 Å². The molecular formula is C9H17N7. The van der Waals surface area contributed by atoms with Gasteiger partial charge in [-0.05, 0) is 33.0 Å². The van der Waals surface area contributed by atoms with E-state index in [1.807, 2.05) is 0 Å². The number of aromatic nitrogens is 3. The van der Waals surface area contributed by atoms with Crippen LogP contribution in [0.15, 0.2) is 0 Å². The van der Waals surface area contributed by atoms with E-state index in [4.69, 9.17) is 11.5 Å². The van der Waals surface area contributed by atoms with Gasteiger partial charge >= 0.3 is 0 Å². The quantitative estimate of drug-likeness (QED) is 0.623. The summed E-state index contributed by atoms with van der Waals surface area (Å²) in [7, 11) is 2.12. The molecule has 0 aromatic carbocycles. The number of likely N-dealkylation sites (tertiary alicyclic amines) is 1. The maximum atomic E-state index is 5.50. The van der Waals surface area contributed by atoms with Crippen molar-refractivity contribution in [1.29, 1.82) is 0 Å². The Hall–Kier alpha value is -1.63. The highest BCUT2D eigenvalue weighted by atomic mass is 15.2. The van der Waals surface area contributed by atoms with Crippen LogP contribution in [0.25, 0.3) is 0 Å². The van der Waals surface area contributed by atoms with Crippen LogP contribution < -0.4 is 16.8 Å². The molecule has 16 heavy (non-hydrogen) atoms. The topological polar surface area (TPSA) is 106 Å². The van der Waals surface area contributed by atoms with Crippen LogP contribution in [0.1, 0.15) is 12.8 Å². The molecule has 1 saturated heterocycles. The molecule has 2 rings (SSSR count). The summed E-state index contributed by atoms with van der Waals surface area (Å²) in [6.45, 7) is 2.15. The van der Waals surface area contributed by atoms with E-state index >= 15 is 0 Å². The number of nitrogens with two attached hydrogens (primary N) is 2. The first-order valence-electron chi connectivity index (χ1n) is 5.35. The molecule has 0 saturated carbocycles. The minimum absolute atomic E-state index is 0.155. The molecule has 1 aliphatic heterocycles. The van der Waals surface area contributed by atoms with Crippen molar-refractivity contribution < 1.29 is 0 Å². The summed E-state index contributed by atoms with van der Waals surface area (Å²) in [5.74, 6) is 0.783. The molecule has 0 bridgehead atoms. The van der Waals surface area contributed by atoms with Crippen molar-refractivity contribution in [3.05, 3.63) is 0 Å². The third kappa shape index (κ3) is 2.69. The molecule has 0 radical (unpaired) electrons. The van der Waals surface area contributed by atoms with Gasteiger partial charge in [-0.2, -0.15) is 15.0 Å². The lowest BCUT2D eigenvalue weighted by Gasteiger charge is -2.29. The van der Waals surface area contributed by atoms with E-state index in [-0.39, 0.29) is 11.9 Å². The van der Waals surface area contributed by atoms with Crippen LogP contribution in [0.2, 0.25) is 0 Å². The number of rotatable bonds is 2. The summed E-state index contributed by atoms with van der Waals surface area (Å²) in [6, 6.07) is 0.386. The number of anilines is 3. The maximum Gasteiger partial charge on any atom is 0.229 e. The summed E-state index contributed by atoms with van der Waals surface area (Å²) in [6.07, 6.45) is 2.14. The predicted molar refractivity (Wildman–Crippen MR) is 62.8 cm³/mol. The molecule has 5 N–H and O–H groups in total. The van der Waals surface area contributed by atoms with Crippen LogP contribution in [0.4, 0.5) is 17.8 Å². The SMILES string of the molecule is CN1CCC(Nc2nc(N)nc(N)n2)CC1. The maximum absolute atomic E-state index is 5.50. The molecule has 2 heterocycles. The van der Waals surface area contributed by atoms with E-state index in [2.05, 4.69) is 32.2 Å². The number of nitrogens with one attached hydrogen (secondary N) is 1. The van der Waals surface area contributed by atoms with Crippen molar-refractivity contribution in [2.75, 3.05) is 36.9 Å². The summed E-state index contributed by atoms with van der Waals surface area (Å²) in [5.41, 5.74) is 11.0. The van der Waals surface area contributed by atoms with Crippen LogP contribution in [0.5, 0.6) is 0 Å². The van der Waals surface area contributed by atoms with E-state index in [1.54, 1.807) is 0 Å². The Balaban J connectivity index is 1.98.